The third kappa shape index (κ3) is 9.91. The van der Waals surface area contributed by atoms with Crippen molar-refractivity contribution in [3.8, 4) is 29.5 Å². The van der Waals surface area contributed by atoms with E-state index < -0.39 is 15.1 Å². The summed E-state index contributed by atoms with van der Waals surface area (Å²) < 4.78 is 54.7. The fraction of sp³-hybridized carbons (Fsp3) is 0.500. The second-order valence-electron chi connectivity index (χ2n) is 6.11. The van der Waals surface area contributed by atoms with Crippen LogP contribution in [0.2, 0.25) is 0 Å². The third-order valence-corrected chi connectivity index (χ3v) is 4.42. The van der Waals surface area contributed by atoms with E-state index in [2.05, 4.69) is 16.1 Å². The molecule has 1 aromatic heterocycles. The van der Waals surface area contributed by atoms with Gasteiger partial charge in [-0.3, -0.25) is 0 Å². The van der Waals surface area contributed by atoms with Crippen LogP contribution in [0, 0.1) is 12.3 Å². The van der Waals surface area contributed by atoms with E-state index in [0.717, 1.165) is 6.26 Å². The molecule has 0 aliphatic heterocycles. The fourth-order valence-electron chi connectivity index (χ4n) is 2.18. The van der Waals surface area contributed by atoms with Crippen molar-refractivity contribution in [2.24, 2.45) is 0 Å². The zero-order valence-corrected chi connectivity index (χ0v) is 18.1. The van der Waals surface area contributed by atoms with Crippen LogP contribution in [0.25, 0.3) is 11.5 Å². The number of nitrogens with zero attached hydrogens (tertiary/aromatic N) is 2. The highest BCUT2D eigenvalue weighted by Gasteiger charge is 2.17. The molecule has 0 aliphatic rings. The Morgan fingerprint density at radius 2 is 1.42 bits per heavy atom. The highest BCUT2D eigenvalue weighted by atomic mass is 32.2. The number of ether oxygens (including phenoxy) is 5. The number of aromatic nitrogens is 2. The molecule has 0 bridgehead atoms. The first-order valence-electron chi connectivity index (χ1n) is 9.52. The number of hydrogen-bond donors (Lipinski definition) is 0. The van der Waals surface area contributed by atoms with E-state index >= 15 is 0 Å². The van der Waals surface area contributed by atoms with Gasteiger partial charge in [0, 0.05) is 11.8 Å². The van der Waals surface area contributed by atoms with Crippen molar-refractivity contribution in [2.75, 3.05) is 65.7 Å². The fourth-order valence-corrected chi connectivity index (χ4v) is 2.60. The zero-order chi connectivity index (χ0) is 22.4. The van der Waals surface area contributed by atoms with Gasteiger partial charge < -0.3 is 28.1 Å². The second-order valence-corrected chi connectivity index (χ2v) is 8.01. The first-order valence-corrected chi connectivity index (χ1v) is 11.4. The Bertz CT molecular complexity index is 906. The average Bonchev–Trinajstić information content (AvgIpc) is 3.25. The van der Waals surface area contributed by atoms with Crippen molar-refractivity contribution in [3.63, 3.8) is 0 Å². The molecule has 11 heteroatoms. The molecule has 1 aromatic carbocycles. The van der Waals surface area contributed by atoms with Crippen LogP contribution in [0.4, 0.5) is 0 Å². The Kier molecular flexibility index (Phi) is 11.0. The van der Waals surface area contributed by atoms with Crippen LogP contribution in [0.5, 0.6) is 5.75 Å². The largest absolute Gasteiger partial charge is 0.491 e. The predicted octanol–water partition coefficient (Wildman–Crippen LogP) is 1.22. The van der Waals surface area contributed by atoms with E-state index in [0.29, 0.717) is 70.8 Å². The van der Waals surface area contributed by atoms with Crippen LogP contribution in [0.3, 0.4) is 0 Å². The van der Waals surface area contributed by atoms with E-state index in [1.807, 2.05) is 0 Å². The second kappa shape index (κ2) is 13.7. The molecule has 1 heterocycles. The van der Waals surface area contributed by atoms with Gasteiger partial charge in [-0.1, -0.05) is 11.0 Å². The first-order chi connectivity index (χ1) is 15.0. The monoisotopic (exact) mass is 454 g/mol. The minimum Gasteiger partial charge on any atom is -0.491 e. The lowest BCUT2D eigenvalue weighted by molar-refractivity contribution is -0.00187. The van der Waals surface area contributed by atoms with Crippen LogP contribution >= 0.6 is 0 Å². The third-order valence-electron chi connectivity index (χ3n) is 3.62. The molecule has 0 fully saturated rings. The molecule has 0 saturated heterocycles. The van der Waals surface area contributed by atoms with Gasteiger partial charge >= 0.3 is 5.22 Å². The van der Waals surface area contributed by atoms with Crippen LogP contribution in [0.15, 0.2) is 33.9 Å². The van der Waals surface area contributed by atoms with Crippen LogP contribution in [-0.4, -0.2) is 84.3 Å². The molecular weight excluding hydrogens is 428 g/mol. The van der Waals surface area contributed by atoms with Crippen molar-refractivity contribution in [1.29, 1.82) is 0 Å². The maximum atomic E-state index is 11.4. The number of sulfone groups is 1. The minimum atomic E-state index is -3.53. The molecule has 0 spiro atoms. The summed E-state index contributed by atoms with van der Waals surface area (Å²) in [5.74, 6) is 3.14. The van der Waals surface area contributed by atoms with Gasteiger partial charge in [0.1, 0.15) is 19.0 Å². The summed E-state index contributed by atoms with van der Waals surface area (Å²) in [5, 5.41) is 6.85. The normalized spacial score (nSPS) is 11.4. The number of rotatable bonds is 16. The Balaban J connectivity index is 1.51. The van der Waals surface area contributed by atoms with Crippen molar-refractivity contribution in [3.05, 3.63) is 24.3 Å². The van der Waals surface area contributed by atoms with Gasteiger partial charge in [-0.25, -0.2) is 8.42 Å². The molecule has 0 atom stereocenters. The van der Waals surface area contributed by atoms with E-state index in [9.17, 15) is 8.42 Å². The van der Waals surface area contributed by atoms with Crippen molar-refractivity contribution in [1.82, 2.24) is 10.2 Å². The van der Waals surface area contributed by atoms with Crippen molar-refractivity contribution >= 4 is 9.84 Å². The van der Waals surface area contributed by atoms with Crippen molar-refractivity contribution < 1.29 is 36.5 Å². The Hall–Kier alpha value is -2.49. The molecule has 0 saturated carbocycles. The van der Waals surface area contributed by atoms with Gasteiger partial charge in [-0.05, 0) is 24.3 Å². The first kappa shape index (κ1) is 24.8. The van der Waals surface area contributed by atoms with Gasteiger partial charge in [-0.15, -0.1) is 11.5 Å². The Morgan fingerprint density at radius 1 is 0.871 bits per heavy atom. The highest BCUT2D eigenvalue weighted by molar-refractivity contribution is 7.90. The molecule has 2 rings (SSSR count). The molecule has 0 aliphatic carbocycles. The van der Waals surface area contributed by atoms with E-state index in [-0.39, 0.29) is 5.89 Å². The van der Waals surface area contributed by atoms with E-state index in [4.69, 9.17) is 34.5 Å². The van der Waals surface area contributed by atoms with Gasteiger partial charge in [0.15, 0.2) is 0 Å². The number of hydrogen-bond acceptors (Lipinski definition) is 10. The lowest BCUT2D eigenvalue weighted by Crippen LogP contribution is -2.13. The van der Waals surface area contributed by atoms with Gasteiger partial charge in [-0.2, -0.15) is 0 Å². The summed E-state index contributed by atoms with van der Waals surface area (Å²) >= 11 is 0. The standard InChI is InChI=1S/C20H26N2O8S/c1-3-8-25-9-10-26-11-12-27-13-14-28-15-16-29-18-6-4-17(5-7-18)19-21-22-20(30-19)31(2,23)24/h1,4-7H,8-16H2,2H3. The molecule has 170 valence electrons. The quantitative estimate of drug-likeness (QED) is 0.270. The lowest BCUT2D eigenvalue weighted by atomic mass is 10.2. The van der Waals surface area contributed by atoms with Crippen LogP contribution < -0.4 is 4.74 Å². The molecule has 0 N–H and O–H groups in total. The maximum Gasteiger partial charge on any atom is 0.335 e. The summed E-state index contributed by atoms with van der Waals surface area (Å²) in [5.41, 5.74) is 0.590. The van der Waals surface area contributed by atoms with E-state index in [1.54, 1.807) is 24.3 Å². The summed E-state index contributed by atoms with van der Waals surface area (Å²) in [7, 11) is -3.53. The summed E-state index contributed by atoms with van der Waals surface area (Å²) in [6.45, 7) is 3.91. The van der Waals surface area contributed by atoms with Crippen molar-refractivity contribution in [2.45, 2.75) is 5.22 Å². The molecule has 0 radical (unpaired) electrons. The van der Waals surface area contributed by atoms with Crippen LogP contribution in [0.1, 0.15) is 0 Å². The summed E-state index contributed by atoms with van der Waals surface area (Å²) in [6, 6.07) is 6.85. The maximum absolute atomic E-state index is 11.4. The number of terminal acetylenes is 1. The Morgan fingerprint density at radius 3 is 1.94 bits per heavy atom. The SMILES string of the molecule is C#CCOCCOCCOCCOCCOc1ccc(-c2nnc(S(C)(=O)=O)o2)cc1. The number of benzene rings is 1. The molecule has 0 unspecified atom stereocenters. The predicted molar refractivity (Wildman–Crippen MR) is 110 cm³/mol. The van der Waals surface area contributed by atoms with Gasteiger partial charge in [0.25, 0.3) is 0 Å². The minimum absolute atomic E-state index is 0.123. The zero-order valence-electron chi connectivity index (χ0n) is 17.3. The van der Waals surface area contributed by atoms with E-state index in [1.165, 1.54) is 0 Å². The van der Waals surface area contributed by atoms with Crippen LogP contribution in [-0.2, 0) is 28.8 Å². The highest BCUT2D eigenvalue weighted by Crippen LogP contribution is 2.22. The summed E-state index contributed by atoms with van der Waals surface area (Å²) in [4.78, 5) is 0. The molecule has 0 amide bonds. The van der Waals surface area contributed by atoms with Gasteiger partial charge in [0.2, 0.25) is 15.7 Å². The molecule has 31 heavy (non-hydrogen) atoms. The topological polar surface area (TPSA) is 119 Å². The summed E-state index contributed by atoms with van der Waals surface area (Å²) in [6.07, 6.45) is 6.06. The average molecular weight is 455 g/mol. The Labute approximate surface area is 181 Å². The molecule has 10 nitrogen and oxygen atoms in total. The molecular formula is C20H26N2O8S. The lowest BCUT2D eigenvalue weighted by Gasteiger charge is -2.08. The smallest absolute Gasteiger partial charge is 0.335 e. The molecule has 2 aromatic rings. The van der Waals surface area contributed by atoms with Gasteiger partial charge in [0.05, 0.1) is 46.2 Å².